The van der Waals surface area contributed by atoms with Gasteiger partial charge in [0.25, 0.3) is 0 Å². The van der Waals surface area contributed by atoms with Crippen molar-refractivity contribution in [2.75, 3.05) is 12.8 Å². The maximum absolute atomic E-state index is 13.2. The lowest BCUT2D eigenvalue weighted by Crippen LogP contribution is -2.52. The molecule has 7 nitrogen and oxygen atoms in total. The number of nitrogens with zero attached hydrogens (tertiary/aromatic N) is 1. The number of likely N-dealkylation sites (tertiary alicyclic amines) is 1. The van der Waals surface area contributed by atoms with Crippen LogP contribution in [0.1, 0.15) is 24.0 Å². The van der Waals surface area contributed by atoms with E-state index < -0.39 is 34.0 Å². The van der Waals surface area contributed by atoms with Crippen LogP contribution >= 0.6 is 0 Å². The highest BCUT2D eigenvalue weighted by Crippen LogP contribution is 2.21. The van der Waals surface area contributed by atoms with Gasteiger partial charge in [-0.3, -0.25) is 4.79 Å². The van der Waals surface area contributed by atoms with E-state index in [1.807, 2.05) is 60.7 Å². The SMILES string of the molecule is CS(=O)(=O)N[C@H](Cc1ccccc1)C(=O)N1CCC[C@H]1C(=O)OCc1ccccc1. The molecule has 0 saturated carbocycles. The summed E-state index contributed by atoms with van der Waals surface area (Å²) >= 11 is 0. The van der Waals surface area contributed by atoms with E-state index >= 15 is 0 Å². The molecule has 1 aliphatic rings. The van der Waals surface area contributed by atoms with Gasteiger partial charge < -0.3 is 9.64 Å². The van der Waals surface area contributed by atoms with Gasteiger partial charge in [0, 0.05) is 6.54 Å². The van der Waals surface area contributed by atoms with E-state index in [0.29, 0.717) is 19.4 Å². The van der Waals surface area contributed by atoms with Crippen molar-refractivity contribution < 1.29 is 22.7 Å². The van der Waals surface area contributed by atoms with E-state index in [1.165, 1.54) is 4.90 Å². The van der Waals surface area contributed by atoms with E-state index in [0.717, 1.165) is 17.4 Å². The van der Waals surface area contributed by atoms with Crippen molar-refractivity contribution in [3.63, 3.8) is 0 Å². The van der Waals surface area contributed by atoms with Gasteiger partial charge in [-0.05, 0) is 30.4 Å². The Hall–Kier alpha value is -2.71. The third-order valence-electron chi connectivity index (χ3n) is 4.97. The molecule has 1 amide bonds. The maximum Gasteiger partial charge on any atom is 0.329 e. The molecule has 2 aromatic carbocycles. The normalized spacial score (nSPS) is 17.5. The Labute approximate surface area is 177 Å². The molecule has 0 spiro atoms. The first-order valence-corrected chi connectivity index (χ1v) is 11.7. The summed E-state index contributed by atoms with van der Waals surface area (Å²) in [6.45, 7) is 0.522. The van der Waals surface area contributed by atoms with E-state index in [9.17, 15) is 18.0 Å². The lowest BCUT2D eigenvalue weighted by atomic mass is 10.1. The number of carbonyl (C=O) groups excluding carboxylic acids is 2. The van der Waals surface area contributed by atoms with Gasteiger partial charge in [0.2, 0.25) is 15.9 Å². The molecule has 1 N–H and O–H groups in total. The summed E-state index contributed by atoms with van der Waals surface area (Å²) in [5.74, 6) is -0.883. The van der Waals surface area contributed by atoms with Crippen molar-refractivity contribution in [1.82, 2.24) is 9.62 Å². The van der Waals surface area contributed by atoms with Crippen LogP contribution in [0.25, 0.3) is 0 Å². The Balaban J connectivity index is 1.71. The molecular formula is C22H26N2O5S. The molecule has 30 heavy (non-hydrogen) atoms. The van der Waals surface area contributed by atoms with Crippen molar-refractivity contribution in [2.45, 2.75) is 38.0 Å². The highest BCUT2D eigenvalue weighted by molar-refractivity contribution is 7.88. The molecule has 8 heteroatoms. The molecule has 1 heterocycles. The number of amides is 1. The molecule has 3 rings (SSSR count). The Morgan fingerprint density at radius 2 is 1.67 bits per heavy atom. The van der Waals surface area contributed by atoms with Gasteiger partial charge in [-0.25, -0.2) is 17.9 Å². The van der Waals surface area contributed by atoms with Crippen molar-refractivity contribution in [2.24, 2.45) is 0 Å². The van der Waals surface area contributed by atoms with Gasteiger partial charge >= 0.3 is 5.97 Å². The van der Waals surface area contributed by atoms with Crippen LogP contribution < -0.4 is 4.72 Å². The van der Waals surface area contributed by atoms with Gasteiger partial charge in [-0.1, -0.05) is 60.7 Å². The predicted octanol–water partition coefficient (Wildman–Crippen LogP) is 1.88. The maximum atomic E-state index is 13.2. The summed E-state index contributed by atoms with van der Waals surface area (Å²) < 4.78 is 31.6. The quantitative estimate of drug-likeness (QED) is 0.646. The van der Waals surface area contributed by atoms with Crippen molar-refractivity contribution in [3.8, 4) is 0 Å². The molecule has 1 aliphatic heterocycles. The summed E-state index contributed by atoms with van der Waals surface area (Å²) in [5, 5.41) is 0. The second kappa shape index (κ2) is 9.86. The third-order valence-corrected chi connectivity index (χ3v) is 5.68. The zero-order chi connectivity index (χ0) is 21.6. The van der Waals surface area contributed by atoms with Gasteiger partial charge in [0.05, 0.1) is 6.26 Å². The second-order valence-corrected chi connectivity index (χ2v) is 9.20. The minimum atomic E-state index is -3.62. The number of nitrogens with one attached hydrogen (secondary N) is 1. The number of sulfonamides is 1. The molecule has 0 aromatic heterocycles. The van der Waals surface area contributed by atoms with Crippen molar-refractivity contribution in [1.29, 1.82) is 0 Å². The standard InChI is InChI=1S/C22H26N2O5S/c1-30(27,28)23-19(15-17-9-4-2-5-10-17)21(25)24-14-8-13-20(24)22(26)29-16-18-11-6-3-7-12-18/h2-7,9-12,19-20,23H,8,13-16H2,1H3/t19-,20+/m1/s1. The Kier molecular flexibility index (Phi) is 7.23. The highest BCUT2D eigenvalue weighted by atomic mass is 32.2. The van der Waals surface area contributed by atoms with Gasteiger partial charge in [-0.15, -0.1) is 0 Å². The molecule has 0 radical (unpaired) electrons. The third kappa shape index (κ3) is 6.14. The lowest BCUT2D eigenvalue weighted by Gasteiger charge is -2.28. The van der Waals surface area contributed by atoms with Crippen molar-refractivity contribution in [3.05, 3.63) is 71.8 Å². The summed E-state index contributed by atoms with van der Waals surface area (Å²) in [5.41, 5.74) is 1.69. The van der Waals surface area contributed by atoms with E-state index in [-0.39, 0.29) is 13.0 Å². The summed E-state index contributed by atoms with van der Waals surface area (Å²) in [6, 6.07) is 16.8. The fourth-order valence-corrected chi connectivity index (χ4v) is 4.29. The minimum Gasteiger partial charge on any atom is -0.459 e. The fraction of sp³-hybridized carbons (Fsp3) is 0.364. The molecule has 0 unspecified atom stereocenters. The van der Waals surface area contributed by atoms with Crippen LogP contribution in [-0.4, -0.2) is 50.1 Å². The highest BCUT2D eigenvalue weighted by Gasteiger charge is 2.38. The van der Waals surface area contributed by atoms with Gasteiger partial charge in [-0.2, -0.15) is 0 Å². The molecule has 160 valence electrons. The minimum absolute atomic E-state index is 0.132. The van der Waals surface area contributed by atoms with Gasteiger partial charge in [0.1, 0.15) is 18.7 Å². The van der Waals surface area contributed by atoms with E-state index in [1.54, 1.807) is 0 Å². The number of hydrogen-bond acceptors (Lipinski definition) is 5. The van der Waals surface area contributed by atoms with Crippen LogP contribution in [0.15, 0.2) is 60.7 Å². The average Bonchev–Trinajstić information content (AvgIpc) is 3.21. The number of carbonyl (C=O) groups is 2. The Morgan fingerprint density at radius 3 is 2.27 bits per heavy atom. The monoisotopic (exact) mass is 430 g/mol. The van der Waals surface area contributed by atoms with Crippen molar-refractivity contribution >= 4 is 21.9 Å². The molecule has 1 saturated heterocycles. The Bertz CT molecular complexity index is 964. The number of hydrogen-bond donors (Lipinski definition) is 1. The topological polar surface area (TPSA) is 92.8 Å². The molecule has 2 aromatic rings. The van der Waals surface area contributed by atoms with E-state index in [4.69, 9.17) is 4.74 Å². The molecule has 0 aliphatic carbocycles. The molecule has 1 fully saturated rings. The molecule has 0 bridgehead atoms. The first kappa shape index (κ1) is 22.0. The first-order chi connectivity index (χ1) is 14.3. The lowest BCUT2D eigenvalue weighted by molar-refractivity contribution is -0.155. The van der Waals surface area contributed by atoms with Crippen LogP contribution in [0.4, 0.5) is 0 Å². The number of benzene rings is 2. The molecular weight excluding hydrogens is 404 g/mol. The van der Waals surface area contributed by atoms with Crippen LogP contribution in [0.2, 0.25) is 0 Å². The smallest absolute Gasteiger partial charge is 0.329 e. The van der Waals surface area contributed by atoms with E-state index in [2.05, 4.69) is 4.72 Å². The summed E-state index contributed by atoms with van der Waals surface area (Å²) in [7, 11) is -3.62. The average molecular weight is 431 g/mol. The zero-order valence-electron chi connectivity index (χ0n) is 16.9. The summed E-state index contributed by atoms with van der Waals surface area (Å²) in [6.07, 6.45) is 2.38. The van der Waals surface area contributed by atoms with Crippen LogP contribution in [0.5, 0.6) is 0 Å². The van der Waals surface area contributed by atoms with Crippen LogP contribution in [-0.2, 0) is 37.4 Å². The first-order valence-electron chi connectivity index (χ1n) is 9.86. The largest absolute Gasteiger partial charge is 0.459 e. The van der Waals surface area contributed by atoms with Crippen LogP contribution in [0.3, 0.4) is 0 Å². The number of rotatable bonds is 8. The van der Waals surface area contributed by atoms with Gasteiger partial charge in [0.15, 0.2) is 0 Å². The number of esters is 1. The van der Waals surface area contributed by atoms with Crippen LogP contribution in [0, 0.1) is 0 Å². The zero-order valence-corrected chi connectivity index (χ0v) is 17.7. The Morgan fingerprint density at radius 1 is 1.07 bits per heavy atom. The second-order valence-electron chi connectivity index (χ2n) is 7.42. The predicted molar refractivity (Wildman–Crippen MR) is 113 cm³/mol. The fourth-order valence-electron chi connectivity index (χ4n) is 3.59. The molecule has 2 atom stereocenters. The number of ether oxygens (including phenoxy) is 1. The summed E-state index contributed by atoms with van der Waals surface area (Å²) in [4.78, 5) is 27.3.